The van der Waals surface area contributed by atoms with Gasteiger partial charge in [-0.1, -0.05) is 18.9 Å². The van der Waals surface area contributed by atoms with Gasteiger partial charge in [0.2, 0.25) is 18.6 Å². The van der Waals surface area contributed by atoms with Gasteiger partial charge in [0.15, 0.2) is 11.5 Å². The number of amides is 2. The fourth-order valence-electron chi connectivity index (χ4n) is 5.30. The molecule has 1 aliphatic carbocycles. The van der Waals surface area contributed by atoms with E-state index in [4.69, 9.17) is 18.6 Å². The molecular weight excluding hydrogens is 474 g/mol. The standard InChI is InChI=1S/C28H37N3O6/c1-21-6-8-24(37-21)18-31(17-22-7-9-25-26(16-22)36-20-35-25)27(32)19-30(28(33)23-4-2-3-5-23)11-10-29-12-14-34-15-13-29/h6-9,16,23H,2-5,10-15,17-20H2,1H3. The number of hydrogen-bond acceptors (Lipinski definition) is 7. The highest BCUT2D eigenvalue weighted by atomic mass is 16.7. The van der Waals surface area contributed by atoms with Gasteiger partial charge in [0.25, 0.3) is 0 Å². The number of benzene rings is 1. The molecule has 9 nitrogen and oxygen atoms in total. The molecule has 0 radical (unpaired) electrons. The van der Waals surface area contributed by atoms with E-state index in [1.165, 1.54) is 0 Å². The number of nitrogens with zero attached hydrogens (tertiary/aromatic N) is 3. The Morgan fingerprint density at radius 3 is 2.51 bits per heavy atom. The van der Waals surface area contributed by atoms with E-state index in [9.17, 15) is 9.59 Å². The predicted octanol–water partition coefficient (Wildman–Crippen LogP) is 3.20. The van der Waals surface area contributed by atoms with E-state index in [2.05, 4.69) is 4.90 Å². The number of rotatable bonds is 10. The molecule has 37 heavy (non-hydrogen) atoms. The highest BCUT2D eigenvalue weighted by molar-refractivity contribution is 5.86. The molecule has 0 spiro atoms. The first-order chi connectivity index (χ1) is 18.0. The summed E-state index contributed by atoms with van der Waals surface area (Å²) in [5, 5.41) is 0. The van der Waals surface area contributed by atoms with Crippen LogP contribution >= 0.6 is 0 Å². The van der Waals surface area contributed by atoms with E-state index in [0.29, 0.717) is 50.1 Å². The third-order valence-corrected chi connectivity index (χ3v) is 7.44. The summed E-state index contributed by atoms with van der Waals surface area (Å²) >= 11 is 0. The van der Waals surface area contributed by atoms with Crippen molar-refractivity contribution in [2.75, 3.05) is 52.7 Å². The smallest absolute Gasteiger partial charge is 0.242 e. The largest absolute Gasteiger partial charge is 0.464 e. The highest BCUT2D eigenvalue weighted by Crippen LogP contribution is 2.33. The molecule has 1 saturated heterocycles. The Bertz CT molecular complexity index is 1070. The zero-order valence-electron chi connectivity index (χ0n) is 21.7. The second-order valence-corrected chi connectivity index (χ2v) is 10.1. The fraction of sp³-hybridized carbons (Fsp3) is 0.571. The minimum Gasteiger partial charge on any atom is -0.464 e. The maximum atomic E-state index is 13.8. The van der Waals surface area contributed by atoms with Crippen molar-refractivity contribution in [2.45, 2.75) is 45.7 Å². The summed E-state index contributed by atoms with van der Waals surface area (Å²) in [6.45, 7) is 7.27. The molecule has 3 heterocycles. The lowest BCUT2D eigenvalue weighted by Crippen LogP contribution is -2.48. The topological polar surface area (TPSA) is 84.7 Å². The molecule has 0 unspecified atom stereocenters. The number of carbonyl (C=O) groups excluding carboxylic acids is 2. The second-order valence-electron chi connectivity index (χ2n) is 10.1. The van der Waals surface area contributed by atoms with Crippen LogP contribution < -0.4 is 9.47 Å². The number of furan rings is 1. The van der Waals surface area contributed by atoms with Crippen LogP contribution in [0.5, 0.6) is 11.5 Å². The molecular formula is C28H37N3O6. The third kappa shape index (κ3) is 6.64. The number of ether oxygens (including phenoxy) is 3. The zero-order valence-corrected chi connectivity index (χ0v) is 21.7. The molecule has 200 valence electrons. The first-order valence-corrected chi connectivity index (χ1v) is 13.4. The number of carbonyl (C=O) groups is 2. The summed E-state index contributed by atoms with van der Waals surface area (Å²) in [5.74, 6) is 2.94. The number of aryl methyl sites for hydroxylation is 1. The molecule has 1 aromatic carbocycles. The van der Waals surface area contributed by atoms with Crippen molar-refractivity contribution in [1.82, 2.24) is 14.7 Å². The van der Waals surface area contributed by atoms with Crippen LogP contribution in [0.3, 0.4) is 0 Å². The van der Waals surface area contributed by atoms with Crippen LogP contribution in [0.15, 0.2) is 34.7 Å². The van der Waals surface area contributed by atoms with E-state index in [1.54, 1.807) is 9.80 Å². The molecule has 1 saturated carbocycles. The summed E-state index contributed by atoms with van der Waals surface area (Å²) < 4.78 is 22.2. The van der Waals surface area contributed by atoms with Crippen LogP contribution in [0.25, 0.3) is 0 Å². The summed E-state index contributed by atoms with van der Waals surface area (Å²) in [6.07, 6.45) is 3.98. The minimum atomic E-state index is -0.0972. The minimum absolute atomic E-state index is 0.0209. The number of fused-ring (bicyclic) bond motifs is 1. The lowest BCUT2D eigenvalue weighted by Gasteiger charge is -2.32. The maximum absolute atomic E-state index is 13.8. The Morgan fingerprint density at radius 1 is 0.973 bits per heavy atom. The van der Waals surface area contributed by atoms with Crippen molar-refractivity contribution in [3.8, 4) is 11.5 Å². The molecule has 3 aliphatic rings. The van der Waals surface area contributed by atoms with Crippen LogP contribution in [-0.2, 0) is 27.4 Å². The van der Waals surface area contributed by atoms with E-state index in [0.717, 1.165) is 56.6 Å². The van der Waals surface area contributed by atoms with Gasteiger partial charge in [-0.3, -0.25) is 14.5 Å². The van der Waals surface area contributed by atoms with Gasteiger partial charge in [-0.15, -0.1) is 0 Å². The maximum Gasteiger partial charge on any atom is 0.242 e. The Hall–Kier alpha value is -3.04. The quantitative estimate of drug-likeness (QED) is 0.484. The average molecular weight is 512 g/mol. The lowest BCUT2D eigenvalue weighted by atomic mass is 10.1. The Balaban J connectivity index is 1.31. The van der Waals surface area contributed by atoms with E-state index in [1.807, 2.05) is 37.3 Å². The molecule has 9 heteroatoms. The van der Waals surface area contributed by atoms with E-state index in [-0.39, 0.29) is 31.1 Å². The first kappa shape index (κ1) is 25.6. The summed E-state index contributed by atoms with van der Waals surface area (Å²) in [6, 6.07) is 9.53. The second kappa shape index (κ2) is 12.0. The normalized spacial score (nSPS) is 17.8. The van der Waals surface area contributed by atoms with Gasteiger partial charge in [0, 0.05) is 38.6 Å². The molecule has 0 N–H and O–H groups in total. The molecule has 2 fully saturated rings. The van der Waals surface area contributed by atoms with Crippen molar-refractivity contribution in [3.63, 3.8) is 0 Å². The number of hydrogen-bond donors (Lipinski definition) is 0. The zero-order chi connectivity index (χ0) is 25.6. The molecule has 2 amide bonds. The summed E-state index contributed by atoms with van der Waals surface area (Å²) in [7, 11) is 0. The fourth-order valence-corrected chi connectivity index (χ4v) is 5.30. The Kier molecular flexibility index (Phi) is 8.31. The Morgan fingerprint density at radius 2 is 1.76 bits per heavy atom. The number of morpholine rings is 1. The van der Waals surface area contributed by atoms with Gasteiger partial charge in [-0.05, 0) is 49.6 Å². The van der Waals surface area contributed by atoms with E-state index >= 15 is 0 Å². The first-order valence-electron chi connectivity index (χ1n) is 13.4. The van der Waals surface area contributed by atoms with Crippen molar-refractivity contribution in [3.05, 3.63) is 47.4 Å². The van der Waals surface area contributed by atoms with Gasteiger partial charge in [0.1, 0.15) is 11.5 Å². The highest BCUT2D eigenvalue weighted by Gasteiger charge is 2.30. The van der Waals surface area contributed by atoms with Crippen molar-refractivity contribution < 1.29 is 28.2 Å². The van der Waals surface area contributed by atoms with Gasteiger partial charge >= 0.3 is 0 Å². The van der Waals surface area contributed by atoms with Crippen LogP contribution in [0, 0.1) is 12.8 Å². The predicted molar refractivity (Wildman–Crippen MR) is 136 cm³/mol. The van der Waals surface area contributed by atoms with Crippen LogP contribution in [0.4, 0.5) is 0 Å². The van der Waals surface area contributed by atoms with E-state index < -0.39 is 0 Å². The third-order valence-electron chi connectivity index (χ3n) is 7.44. The molecule has 0 atom stereocenters. The van der Waals surface area contributed by atoms with Crippen LogP contribution in [0.2, 0.25) is 0 Å². The molecule has 0 bridgehead atoms. The van der Waals surface area contributed by atoms with Crippen LogP contribution in [-0.4, -0.2) is 79.2 Å². The SMILES string of the molecule is Cc1ccc(CN(Cc2ccc3c(c2)OCO3)C(=O)CN(CCN2CCOCC2)C(=O)C2CCCC2)o1. The Labute approximate surface area is 218 Å². The van der Waals surface area contributed by atoms with Crippen molar-refractivity contribution in [1.29, 1.82) is 0 Å². The molecule has 2 aromatic rings. The summed E-state index contributed by atoms with van der Waals surface area (Å²) in [5.41, 5.74) is 0.933. The molecule has 5 rings (SSSR count). The van der Waals surface area contributed by atoms with Crippen molar-refractivity contribution in [2.24, 2.45) is 5.92 Å². The average Bonchev–Trinajstić information content (AvgIpc) is 3.68. The summed E-state index contributed by atoms with van der Waals surface area (Å²) in [4.78, 5) is 33.1. The monoisotopic (exact) mass is 511 g/mol. The molecule has 2 aliphatic heterocycles. The van der Waals surface area contributed by atoms with Gasteiger partial charge in [0.05, 0.1) is 26.3 Å². The van der Waals surface area contributed by atoms with Gasteiger partial charge in [-0.25, -0.2) is 0 Å². The lowest BCUT2D eigenvalue weighted by molar-refractivity contribution is -0.144. The van der Waals surface area contributed by atoms with Crippen LogP contribution in [0.1, 0.15) is 42.8 Å². The van der Waals surface area contributed by atoms with Crippen molar-refractivity contribution >= 4 is 11.8 Å². The molecule has 1 aromatic heterocycles. The van der Waals surface area contributed by atoms with Gasteiger partial charge in [-0.2, -0.15) is 0 Å². The van der Waals surface area contributed by atoms with Gasteiger partial charge < -0.3 is 28.4 Å².